The van der Waals surface area contributed by atoms with Gasteiger partial charge in [0.25, 0.3) is 0 Å². The molecule has 0 atom stereocenters. The van der Waals surface area contributed by atoms with E-state index >= 15 is 0 Å². The summed E-state index contributed by atoms with van der Waals surface area (Å²) in [5.74, 6) is -0.964. The molecule has 1 aromatic carbocycles. The molecule has 4 nitrogen and oxygen atoms in total. The number of halogens is 2. The fraction of sp³-hybridized carbons (Fsp3) is 0.375. The first-order valence-corrected chi connectivity index (χ1v) is 8.28. The third-order valence-electron chi connectivity index (χ3n) is 3.10. The minimum atomic E-state index is -0.817. The second kappa shape index (κ2) is 8.57. The molecule has 2 aromatic rings. The van der Waals surface area contributed by atoms with Crippen LogP contribution in [0, 0.1) is 18.6 Å². The van der Waals surface area contributed by atoms with Gasteiger partial charge in [-0.05, 0) is 31.9 Å². The predicted molar refractivity (Wildman–Crippen MR) is 89.7 cm³/mol. The van der Waals surface area contributed by atoms with Crippen molar-refractivity contribution < 1.29 is 8.78 Å². The van der Waals surface area contributed by atoms with Crippen LogP contribution in [-0.2, 0) is 13.0 Å². The van der Waals surface area contributed by atoms with Crippen molar-refractivity contribution in [2.24, 2.45) is 4.99 Å². The van der Waals surface area contributed by atoms with Gasteiger partial charge in [-0.3, -0.25) is 0 Å². The Morgan fingerprint density at radius 2 is 2.13 bits per heavy atom. The number of aliphatic imine (C=N–C) groups is 1. The van der Waals surface area contributed by atoms with Crippen LogP contribution in [0.15, 0.2) is 29.4 Å². The number of benzene rings is 1. The quantitative estimate of drug-likeness (QED) is 0.629. The maximum Gasteiger partial charge on any atom is 0.191 e. The van der Waals surface area contributed by atoms with Gasteiger partial charge in [0.2, 0.25) is 0 Å². The molecule has 0 unspecified atom stereocenters. The van der Waals surface area contributed by atoms with E-state index in [4.69, 9.17) is 0 Å². The van der Waals surface area contributed by atoms with E-state index in [0.717, 1.165) is 22.5 Å². The first-order chi connectivity index (χ1) is 11.1. The van der Waals surface area contributed by atoms with E-state index < -0.39 is 11.6 Å². The van der Waals surface area contributed by atoms with Crippen LogP contribution in [0.1, 0.15) is 22.4 Å². The number of guanidine groups is 1. The van der Waals surface area contributed by atoms with Gasteiger partial charge < -0.3 is 10.6 Å². The molecular formula is C16H20F2N4S. The molecule has 0 amide bonds. The summed E-state index contributed by atoms with van der Waals surface area (Å²) in [6.07, 6.45) is 2.20. The van der Waals surface area contributed by atoms with Crippen molar-refractivity contribution >= 4 is 17.3 Å². The lowest BCUT2D eigenvalue weighted by atomic mass is 10.1. The van der Waals surface area contributed by atoms with Crippen LogP contribution in [0.3, 0.4) is 0 Å². The molecule has 0 fully saturated rings. The van der Waals surface area contributed by atoms with E-state index in [1.807, 2.05) is 20.0 Å². The van der Waals surface area contributed by atoms with E-state index in [-0.39, 0.29) is 0 Å². The number of aromatic nitrogens is 1. The molecule has 7 heteroatoms. The lowest BCUT2D eigenvalue weighted by Crippen LogP contribution is -2.38. The molecule has 0 aliphatic carbocycles. The largest absolute Gasteiger partial charge is 0.357 e. The van der Waals surface area contributed by atoms with Gasteiger partial charge in [-0.15, -0.1) is 11.3 Å². The highest BCUT2D eigenvalue weighted by atomic mass is 32.1. The van der Waals surface area contributed by atoms with E-state index in [0.29, 0.717) is 31.0 Å². The summed E-state index contributed by atoms with van der Waals surface area (Å²) in [7, 11) is 0. The number of nitrogens with zero attached hydrogens (tertiary/aromatic N) is 2. The van der Waals surface area contributed by atoms with Crippen LogP contribution in [0.25, 0.3) is 0 Å². The Labute approximate surface area is 138 Å². The molecule has 23 heavy (non-hydrogen) atoms. The van der Waals surface area contributed by atoms with Gasteiger partial charge >= 0.3 is 0 Å². The Morgan fingerprint density at radius 3 is 2.83 bits per heavy atom. The molecule has 124 valence electrons. The number of thiazole rings is 1. The fourth-order valence-corrected chi connectivity index (χ4v) is 2.73. The van der Waals surface area contributed by atoms with Gasteiger partial charge in [0, 0.05) is 24.2 Å². The van der Waals surface area contributed by atoms with Crippen LogP contribution in [-0.4, -0.2) is 24.0 Å². The minimum absolute atomic E-state index is 0.351. The van der Waals surface area contributed by atoms with Gasteiger partial charge in [0.1, 0.15) is 5.01 Å². The lowest BCUT2D eigenvalue weighted by Gasteiger charge is -2.11. The standard InChI is InChI=1S/C16H20F2N4S/c1-3-19-16(22-10-14-21-9-11(2)23-14)20-8-7-12-5-4-6-13(17)15(12)18/h4-6,9H,3,7-8,10H2,1-2H3,(H2,19,20,22). The highest BCUT2D eigenvalue weighted by Gasteiger charge is 2.07. The molecule has 2 rings (SSSR count). The molecule has 0 saturated heterocycles. The predicted octanol–water partition coefficient (Wildman–Crippen LogP) is 3.03. The number of hydrogen-bond acceptors (Lipinski definition) is 3. The topological polar surface area (TPSA) is 49.3 Å². The Bertz CT molecular complexity index is 670. The summed E-state index contributed by atoms with van der Waals surface area (Å²) < 4.78 is 26.7. The van der Waals surface area contributed by atoms with E-state index in [1.165, 1.54) is 6.07 Å². The molecule has 1 aromatic heterocycles. The summed E-state index contributed by atoms with van der Waals surface area (Å²) in [6, 6.07) is 4.22. The number of rotatable bonds is 6. The molecule has 0 bridgehead atoms. The van der Waals surface area contributed by atoms with Gasteiger partial charge in [-0.25, -0.2) is 18.8 Å². The third-order valence-corrected chi connectivity index (χ3v) is 4.00. The Morgan fingerprint density at radius 1 is 1.30 bits per heavy atom. The normalized spacial score (nSPS) is 11.6. The minimum Gasteiger partial charge on any atom is -0.357 e. The Hall–Kier alpha value is -2.02. The molecule has 0 radical (unpaired) electrons. The fourth-order valence-electron chi connectivity index (χ4n) is 2.02. The summed E-state index contributed by atoms with van der Waals surface area (Å²) in [5.41, 5.74) is 0.351. The van der Waals surface area contributed by atoms with Crippen molar-refractivity contribution in [3.63, 3.8) is 0 Å². The van der Waals surface area contributed by atoms with Crippen molar-refractivity contribution in [3.8, 4) is 0 Å². The van der Waals surface area contributed by atoms with E-state index in [9.17, 15) is 8.78 Å². The highest BCUT2D eigenvalue weighted by molar-refractivity contribution is 7.11. The van der Waals surface area contributed by atoms with Crippen LogP contribution < -0.4 is 10.6 Å². The maximum atomic E-state index is 13.6. The van der Waals surface area contributed by atoms with Crippen molar-refractivity contribution in [1.82, 2.24) is 15.6 Å². The summed E-state index contributed by atoms with van der Waals surface area (Å²) in [5, 5.41) is 7.18. The van der Waals surface area contributed by atoms with Crippen LogP contribution >= 0.6 is 11.3 Å². The molecule has 0 aliphatic heterocycles. The zero-order valence-corrected chi connectivity index (χ0v) is 14.0. The Balaban J connectivity index is 1.90. The van der Waals surface area contributed by atoms with Gasteiger partial charge in [-0.2, -0.15) is 0 Å². The second-order valence-corrected chi connectivity index (χ2v) is 6.27. The average molecular weight is 338 g/mol. The first-order valence-electron chi connectivity index (χ1n) is 7.46. The zero-order valence-electron chi connectivity index (χ0n) is 13.2. The molecule has 2 N–H and O–H groups in total. The summed E-state index contributed by atoms with van der Waals surface area (Å²) >= 11 is 1.61. The van der Waals surface area contributed by atoms with Gasteiger partial charge in [0.05, 0.1) is 6.54 Å². The van der Waals surface area contributed by atoms with Gasteiger partial charge in [-0.1, -0.05) is 12.1 Å². The Kier molecular flexibility index (Phi) is 6.46. The molecule has 0 aliphatic rings. The maximum absolute atomic E-state index is 13.6. The smallest absolute Gasteiger partial charge is 0.191 e. The zero-order chi connectivity index (χ0) is 16.7. The SMILES string of the molecule is CCNC(=NCc1ncc(C)s1)NCCc1cccc(F)c1F. The van der Waals surface area contributed by atoms with Crippen molar-refractivity contribution in [1.29, 1.82) is 0 Å². The molecule has 0 saturated carbocycles. The molecule has 1 heterocycles. The van der Waals surface area contributed by atoms with E-state index in [1.54, 1.807) is 17.4 Å². The number of hydrogen-bond donors (Lipinski definition) is 2. The second-order valence-electron chi connectivity index (χ2n) is 4.95. The molecular weight excluding hydrogens is 318 g/mol. The number of aryl methyl sites for hydroxylation is 1. The van der Waals surface area contributed by atoms with Crippen molar-refractivity contribution in [3.05, 3.63) is 51.5 Å². The van der Waals surface area contributed by atoms with Crippen LogP contribution in [0.2, 0.25) is 0 Å². The molecule has 0 spiro atoms. The highest BCUT2D eigenvalue weighted by Crippen LogP contribution is 2.12. The average Bonchev–Trinajstić information content (AvgIpc) is 2.94. The summed E-state index contributed by atoms with van der Waals surface area (Å²) in [4.78, 5) is 9.85. The lowest BCUT2D eigenvalue weighted by molar-refractivity contribution is 0.498. The summed E-state index contributed by atoms with van der Waals surface area (Å²) in [6.45, 7) is 5.64. The first kappa shape index (κ1) is 17.3. The van der Waals surface area contributed by atoms with Gasteiger partial charge in [0.15, 0.2) is 17.6 Å². The van der Waals surface area contributed by atoms with Crippen molar-refractivity contribution in [2.75, 3.05) is 13.1 Å². The van der Waals surface area contributed by atoms with Crippen LogP contribution in [0.5, 0.6) is 0 Å². The third kappa shape index (κ3) is 5.28. The monoisotopic (exact) mass is 338 g/mol. The van der Waals surface area contributed by atoms with E-state index in [2.05, 4.69) is 20.6 Å². The van der Waals surface area contributed by atoms with Crippen molar-refractivity contribution in [2.45, 2.75) is 26.8 Å². The van der Waals surface area contributed by atoms with Crippen LogP contribution in [0.4, 0.5) is 8.78 Å². The number of nitrogens with one attached hydrogen (secondary N) is 2.